The van der Waals surface area contributed by atoms with E-state index in [9.17, 15) is 4.79 Å². The molecule has 2 aromatic carbocycles. The third kappa shape index (κ3) is 3.43. The lowest BCUT2D eigenvalue weighted by atomic mass is 10.1. The van der Waals surface area contributed by atoms with Crippen LogP contribution in [0.1, 0.15) is 6.42 Å². The van der Waals surface area contributed by atoms with Gasteiger partial charge in [0.15, 0.2) is 0 Å². The van der Waals surface area contributed by atoms with E-state index in [1.807, 2.05) is 24.3 Å². The van der Waals surface area contributed by atoms with Crippen LogP contribution >= 0.6 is 35.0 Å². The molecule has 22 heavy (non-hydrogen) atoms. The van der Waals surface area contributed by atoms with Crippen molar-refractivity contribution in [3.05, 3.63) is 58.6 Å². The fourth-order valence-corrected chi connectivity index (χ4v) is 3.86. The molecule has 0 N–H and O–H groups in total. The van der Waals surface area contributed by atoms with Gasteiger partial charge >= 0.3 is 0 Å². The minimum absolute atomic E-state index is 0.0552. The van der Waals surface area contributed by atoms with Crippen molar-refractivity contribution in [1.29, 1.82) is 0 Å². The highest BCUT2D eigenvalue weighted by Crippen LogP contribution is 2.33. The van der Waals surface area contributed by atoms with Crippen molar-refractivity contribution in [1.82, 2.24) is 0 Å². The molecule has 0 saturated carbocycles. The van der Waals surface area contributed by atoms with Gasteiger partial charge in [0.25, 0.3) is 0 Å². The Balaban J connectivity index is 1.65. The molecule has 0 radical (unpaired) electrons. The van der Waals surface area contributed by atoms with Crippen LogP contribution in [0.4, 0.5) is 5.69 Å². The summed E-state index contributed by atoms with van der Waals surface area (Å²) in [4.78, 5) is 15.6. The summed E-state index contributed by atoms with van der Waals surface area (Å²) >= 11 is 13.7. The van der Waals surface area contributed by atoms with Crippen molar-refractivity contribution in [2.45, 2.75) is 11.3 Å². The Morgan fingerprint density at radius 2 is 1.86 bits per heavy atom. The largest absolute Gasteiger partial charge is 0.312 e. The zero-order chi connectivity index (χ0) is 15.5. The number of benzene rings is 2. The number of carbonyl (C=O) groups is 1. The quantitative estimate of drug-likeness (QED) is 0.710. The van der Waals surface area contributed by atoms with E-state index in [0.29, 0.717) is 10.0 Å². The number of thioether (sulfide) groups is 1. The number of amides is 1. The zero-order valence-corrected chi connectivity index (χ0v) is 14.2. The molecule has 1 saturated heterocycles. The van der Waals surface area contributed by atoms with Crippen LogP contribution in [0.15, 0.2) is 53.4 Å². The molecule has 1 aliphatic heterocycles. The fraction of sp³-hybridized carbons (Fsp3) is 0.235. The summed E-state index contributed by atoms with van der Waals surface area (Å²) in [7, 11) is 0. The Bertz CT molecular complexity index is 678. The molecular weight excluding hydrogens is 337 g/mol. The summed E-state index contributed by atoms with van der Waals surface area (Å²) in [5.74, 6) is 1.03. The van der Waals surface area contributed by atoms with Gasteiger partial charge < -0.3 is 4.90 Å². The minimum atomic E-state index is 0.0552. The summed E-state index contributed by atoms with van der Waals surface area (Å²) < 4.78 is 0. The summed E-state index contributed by atoms with van der Waals surface area (Å²) in [5.41, 5.74) is 0.826. The maximum absolute atomic E-state index is 12.6. The van der Waals surface area contributed by atoms with E-state index in [-0.39, 0.29) is 11.8 Å². The van der Waals surface area contributed by atoms with Gasteiger partial charge in [0.2, 0.25) is 5.91 Å². The third-order valence-corrected chi connectivity index (χ3v) is 5.64. The molecule has 1 unspecified atom stereocenters. The highest BCUT2D eigenvalue weighted by Gasteiger charge is 2.32. The lowest BCUT2D eigenvalue weighted by Crippen LogP contribution is -2.27. The number of carbonyl (C=O) groups excluding carboxylic acids is 1. The molecule has 114 valence electrons. The Hall–Kier alpha value is -1.16. The van der Waals surface area contributed by atoms with E-state index in [1.165, 1.54) is 4.90 Å². The monoisotopic (exact) mass is 351 g/mol. The van der Waals surface area contributed by atoms with Crippen molar-refractivity contribution < 1.29 is 4.79 Å². The first-order valence-corrected chi connectivity index (χ1v) is 8.83. The predicted octanol–water partition coefficient (Wildman–Crippen LogP) is 5.14. The lowest BCUT2D eigenvalue weighted by molar-refractivity contribution is -0.119. The van der Waals surface area contributed by atoms with Crippen molar-refractivity contribution in [3.8, 4) is 0 Å². The van der Waals surface area contributed by atoms with Gasteiger partial charge in [0, 0.05) is 28.8 Å². The van der Waals surface area contributed by atoms with Gasteiger partial charge in [-0.3, -0.25) is 4.79 Å². The first-order valence-electron chi connectivity index (χ1n) is 7.09. The van der Waals surface area contributed by atoms with Gasteiger partial charge in [-0.05, 0) is 36.8 Å². The van der Waals surface area contributed by atoms with Gasteiger partial charge in [-0.1, -0.05) is 41.4 Å². The van der Waals surface area contributed by atoms with E-state index in [2.05, 4.69) is 12.1 Å². The minimum Gasteiger partial charge on any atom is -0.312 e. The highest BCUT2D eigenvalue weighted by molar-refractivity contribution is 7.99. The molecule has 1 atom stereocenters. The van der Waals surface area contributed by atoms with Crippen LogP contribution in [0.2, 0.25) is 10.0 Å². The first-order chi connectivity index (χ1) is 10.6. The zero-order valence-electron chi connectivity index (χ0n) is 11.8. The average molecular weight is 352 g/mol. The predicted molar refractivity (Wildman–Crippen MR) is 94.1 cm³/mol. The smallest absolute Gasteiger partial charge is 0.231 e. The molecule has 1 fully saturated rings. The summed E-state index contributed by atoms with van der Waals surface area (Å²) in [5, 5.41) is 0.988. The van der Waals surface area contributed by atoms with Crippen LogP contribution < -0.4 is 4.90 Å². The normalized spacial score (nSPS) is 18.0. The number of anilines is 1. The molecule has 2 nitrogen and oxygen atoms in total. The second kappa shape index (κ2) is 6.95. The number of hydrogen-bond acceptors (Lipinski definition) is 2. The van der Waals surface area contributed by atoms with Crippen LogP contribution in [0.5, 0.6) is 0 Å². The maximum Gasteiger partial charge on any atom is 0.231 e. The van der Waals surface area contributed by atoms with E-state index in [4.69, 9.17) is 23.2 Å². The molecule has 5 heteroatoms. The summed E-state index contributed by atoms with van der Waals surface area (Å²) in [6, 6.07) is 15.5. The van der Waals surface area contributed by atoms with E-state index >= 15 is 0 Å². The topological polar surface area (TPSA) is 20.3 Å². The van der Waals surface area contributed by atoms with E-state index < -0.39 is 0 Å². The van der Waals surface area contributed by atoms with Crippen molar-refractivity contribution in [3.63, 3.8) is 0 Å². The fourth-order valence-electron chi connectivity index (χ4n) is 2.52. The third-order valence-electron chi connectivity index (χ3n) is 3.73. The standard InChI is InChI=1S/C17H15Cl2NOS/c18-15-7-6-13(10-16(15)19)20-9-8-12(17(20)21)11-22-14-4-2-1-3-5-14/h1-7,10,12H,8-9,11H2. The van der Waals surface area contributed by atoms with Crippen molar-refractivity contribution in [2.75, 3.05) is 17.2 Å². The number of halogens is 2. The molecule has 0 aromatic heterocycles. The van der Waals surface area contributed by atoms with Gasteiger partial charge in [0.05, 0.1) is 10.0 Å². The Morgan fingerprint density at radius 3 is 2.59 bits per heavy atom. The van der Waals surface area contributed by atoms with E-state index in [1.54, 1.807) is 28.8 Å². The van der Waals surface area contributed by atoms with Gasteiger partial charge in [0.1, 0.15) is 0 Å². The molecule has 1 amide bonds. The number of hydrogen-bond donors (Lipinski definition) is 0. The van der Waals surface area contributed by atoms with Crippen LogP contribution in [-0.4, -0.2) is 18.2 Å². The van der Waals surface area contributed by atoms with Crippen LogP contribution in [-0.2, 0) is 4.79 Å². The van der Waals surface area contributed by atoms with Crippen molar-refractivity contribution in [2.24, 2.45) is 5.92 Å². The van der Waals surface area contributed by atoms with Crippen LogP contribution in [0, 0.1) is 5.92 Å². The van der Waals surface area contributed by atoms with E-state index in [0.717, 1.165) is 24.4 Å². The second-order valence-corrected chi connectivity index (χ2v) is 7.11. The molecular formula is C17H15Cl2NOS. The number of rotatable bonds is 4. The summed E-state index contributed by atoms with van der Waals surface area (Å²) in [6.45, 7) is 0.733. The molecule has 0 bridgehead atoms. The molecule has 2 aromatic rings. The van der Waals surface area contributed by atoms with Gasteiger partial charge in [-0.15, -0.1) is 11.8 Å². The Kier molecular flexibility index (Phi) is 4.97. The maximum atomic E-state index is 12.6. The average Bonchev–Trinajstić information content (AvgIpc) is 2.90. The van der Waals surface area contributed by atoms with Gasteiger partial charge in [-0.2, -0.15) is 0 Å². The molecule has 1 heterocycles. The highest BCUT2D eigenvalue weighted by atomic mass is 35.5. The Morgan fingerprint density at radius 1 is 1.09 bits per heavy atom. The molecule has 0 spiro atoms. The first kappa shape index (κ1) is 15.7. The molecule has 1 aliphatic rings. The lowest BCUT2D eigenvalue weighted by Gasteiger charge is -2.17. The van der Waals surface area contributed by atoms with Crippen LogP contribution in [0.25, 0.3) is 0 Å². The second-order valence-electron chi connectivity index (χ2n) is 5.20. The molecule has 3 rings (SSSR count). The number of nitrogens with zero attached hydrogens (tertiary/aromatic N) is 1. The van der Waals surface area contributed by atoms with Crippen molar-refractivity contribution >= 4 is 46.6 Å². The summed E-state index contributed by atoms with van der Waals surface area (Å²) in [6.07, 6.45) is 0.874. The SMILES string of the molecule is O=C1C(CSc2ccccc2)CCN1c1ccc(Cl)c(Cl)c1. The Labute approximate surface area is 144 Å². The molecule has 0 aliphatic carbocycles. The van der Waals surface area contributed by atoms with Gasteiger partial charge in [-0.25, -0.2) is 0 Å². The van der Waals surface area contributed by atoms with Crippen LogP contribution in [0.3, 0.4) is 0 Å².